The number of hydrogen-bond donors (Lipinski definition) is 2. The van der Waals surface area contributed by atoms with Crippen LogP contribution in [0.2, 0.25) is 0 Å². The first kappa shape index (κ1) is 13.4. The second kappa shape index (κ2) is 6.22. The fourth-order valence-corrected chi connectivity index (χ4v) is 2.19. The van der Waals surface area contributed by atoms with Crippen LogP contribution in [0, 0.1) is 0 Å². The molecule has 5 heteroatoms. The Kier molecular flexibility index (Phi) is 4.39. The van der Waals surface area contributed by atoms with Gasteiger partial charge in [-0.15, -0.1) is 0 Å². The minimum atomic E-state index is -0.438. The lowest BCUT2D eigenvalue weighted by Crippen LogP contribution is -2.34. The van der Waals surface area contributed by atoms with Crippen LogP contribution in [0.15, 0.2) is 18.2 Å². The molecule has 2 amide bonds. The van der Waals surface area contributed by atoms with Crippen LogP contribution in [0.4, 0.5) is 10.5 Å². The van der Waals surface area contributed by atoms with Crippen molar-refractivity contribution in [3.8, 4) is 0 Å². The normalized spacial score (nSPS) is 12.7. The third kappa shape index (κ3) is 3.71. The largest absolute Gasteiger partial charge is 0.465 e. The average molecular weight is 262 g/mol. The highest BCUT2D eigenvalue weighted by atomic mass is 16.5. The number of esters is 1. The van der Waals surface area contributed by atoms with E-state index in [1.807, 2.05) is 18.2 Å². The van der Waals surface area contributed by atoms with Crippen LogP contribution in [-0.4, -0.2) is 25.2 Å². The zero-order chi connectivity index (χ0) is 13.7. The first-order chi connectivity index (χ1) is 9.19. The number of benzene rings is 1. The Morgan fingerprint density at radius 2 is 2.05 bits per heavy atom. The number of hydrogen-bond acceptors (Lipinski definition) is 3. The summed E-state index contributed by atoms with van der Waals surface area (Å²) in [6.45, 7) is 1.92. The maximum atomic E-state index is 11.6. The lowest BCUT2D eigenvalue weighted by Gasteiger charge is -2.08. The fourth-order valence-electron chi connectivity index (χ4n) is 2.19. The molecule has 1 aromatic rings. The Labute approximate surface area is 112 Å². The van der Waals surface area contributed by atoms with Crippen LogP contribution in [0.25, 0.3) is 0 Å². The highest BCUT2D eigenvalue weighted by Crippen LogP contribution is 2.24. The number of aryl methyl sites for hydroxylation is 2. The van der Waals surface area contributed by atoms with Gasteiger partial charge < -0.3 is 15.4 Å². The lowest BCUT2D eigenvalue weighted by atomic mass is 10.1. The Balaban J connectivity index is 1.84. The molecule has 5 nitrogen and oxygen atoms in total. The van der Waals surface area contributed by atoms with E-state index in [0.29, 0.717) is 6.61 Å². The Hall–Kier alpha value is -2.04. The first-order valence-electron chi connectivity index (χ1n) is 6.51. The van der Waals surface area contributed by atoms with Crippen molar-refractivity contribution in [3.63, 3.8) is 0 Å². The summed E-state index contributed by atoms with van der Waals surface area (Å²) < 4.78 is 4.72. The molecule has 0 atom stereocenters. The summed E-state index contributed by atoms with van der Waals surface area (Å²) >= 11 is 0. The van der Waals surface area contributed by atoms with Crippen molar-refractivity contribution in [2.75, 3.05) is 18.5 Å². The summed E-state index contributed by atoms with van der Waals surface area (Å²) in [6, 6.07) is 5.52. The Morgan fingerprint density at radius 1 is 1.26 bits per heavy atom. The summed E-state index contributed by atoms with van der Waals surface area (Å²) in [7, 11) is 0. The summed E-state index contributed by atoms with van der Waals surface area (Å²) in [4.78, 5) is 22.7. The molecule has 0 aliphatic heterocycles. The number of amides is 2. The number of carbonyl (C=O) groups excluding carboxylic acids is 2. The van der Waals surface area contributed by atoms with E-state index >= 15 is 0 Å². The van der Waals surface area contributed by atoms with Crippen molar-refractivity contribution in [2.24, 2.45) is 0 Å². The molecule has 19 heavy (non-hydrogen) atoms. The van der Waals surface area contributed by atoms with Gasteiger partial charge in [-0.2, -0.15) is 0 Å². The number of nitrogens with one attached hydrogen (secondary N) is 2. The second-order valence-electron chi connectivity index (χ2n) is 4.45. The molecule has 0 aromatic heterocycles. The number of rotatable bonds is 4. The molecule has 1 aromatic carbocycles. The minimum Gasteiger partial charge on any atom is -0.465 e. The molecular weight excluding hydrogens is 244 g/mol. The molecule has 0 fully saturated rings. The molecule has 1 aliphatic carbocycles. The number of carbonyl (C=O) groups is 2. The predicted octanol–water partition coefficient (Wildman–Crippen LogP) is 1.86. The van der Waals surface area contributed by atoms with Crippen molar-refractivity contribution >= 4 is 17.7 Å². The zero-order valence-electron chi connectivity index (χ0n) is 11.0. The Morgan fingerprint density at radius 3 is 2.84 bits per heavy atom. The number of anilines is 1. The molecule has 0 heterocycles. The lowest BCUT2D eigenvalue weighted by molar-refractivity contribution is -0.141. The van der Waals surface area contributed by atoms with Crippen LogP contribution in [0.1, 0.15) is 24.5 Å². The van der Waals surface area contributed by atoms with Gasteiger partial charge in [0.05, 0.1) is 6.61 Å². The van der Waals surface area contributed by atoms with E-state index in [9.17, 15) is 9.59 Å². The van der Waals surface area contributed by atoms with E-state index in [-0.39, 0.29) is 6.54 Å². The van der Waals surface area contributed by atoms with Crippen molar-refractivity contribution in [2.45, 2.75) is 26.2 Å². The van der Waals surface area contributed by atoms with Crippen LogP contribution in [-0.2, 0) is 22.4 Å². The van der Waals surface area contributed by atoms with E-state index in [2.05, 4.69) is 10.6 Å². The number of fused-ring (bicyclic) bond motifs is 1. The molecule has 0 spiro atoms. The molecular formula is C14H18N2O3. The van der Waals surface area contributed by atoms with Crippen LogP contribution in [0.5, 0.6) is 0 Å². The SMILES string of the molecule is CCOC(=O)CNC(=O)Nc1ccc2c(c1)CCC2. The molecule has 0 saturated heterocycles. The standard InChI is InChI=1S/C14H18N2O3/c1-2-19-13(17)9-15-14(18)16-12-7-6-10-4-3-5-11(10)8-12/h6-8H,2-5,9H2,1H3,(H2,15,16,18). The van der Waals surface area contributed by atoms with Crippen LogP contribution in [0.3, 0.4) is 0 Å². The topological polar surface area (TPSA) is 67.4 Å². The second-order valence-corrected chi connectivity index (χ2v) is 4.45. The van der Waals surface area contributed by atoms with Crippen LogP contribution < -0.4 is 10.6 Å². The monoisotopic (exact) mass is 262 g/mol. The van der Waals surface area contributed by atoms with Crippen LogP contribution >= 0.6 is 0 Å². The van der Waals surface area contributed by atoms with E-state index in [1.54, 1.807) is 6.92 Å². The first-order valence-corrected chi connectivity index (χ1v) is 6.51. The molecule has 102 valence electrons. The van der Waals surface area contributed by atoms with E-state index in [1.165, 1.54) is 17.5 Å². The van der Waals surface area contributed by atoms with Gasteiger partial charge in [-0.25, -0.2) is 4.79 Å². The average Bonchev–Trinajstić information content (AvgIpc) is 2.84. The van der Waals surface area contributed by atoms with Gasteiger partial charge >= 0.3 is 12.0 Å². The third-order valence-corrected chi connectivity index (χ3v) is 3.05. The van der Waals surface area contributed by atoms with Crippen molar-refractivity contribution in [1.29, 1.82) is 0 Å². The van der Waals surface area contributed by atoms with Gasteiger partial charge in [-0.1, -0.05) is 6.07 Å². The molecule has 2 rings (SSSR count). The molecule has 2 N–H and O–H groups in total. The quantitative estimate of drug-likeness (QED) is 0.814. The van der Waals surface area contributed by atoms with Gasteiger partial charge in [0.15, 0.2) is 0 Å². The predicted molar refractivity (Wildman–Crippen MR) is 72.1 cm³/mol. The maximum Gasteiger partial charge on any atom is 0.325 e. The van der Waals surface area contributed by atoms with Crippen molar-refractivity contribution < 1.29 is 14.3 Å². The molecule has 0 unspecified atom stereocenters. The zero-order valence-corrected chi connectivity index (χ0v) is 11.0. The summed E-state index contributed by atoms with van der Waals surface area (Å²) in [5.74, 6) is -0.438. The summed E-state index contributed by atoms with van der Waals surface area (Å²) in [5.41, 5.74) is 3.41. The minimum absolute atomic E-state index is 0.120. The van der Waals surface area contributed by atoms with Gasteiger partial charge in [0.25, 0.3) is 0 Å². The third-order valence-electron chi connectivity index (χ3n) is 3.05. The van der Waals surface area contributed by atoms with Gasteiger partial charge in [0.2, 0.25) is 0 Å². The number of ether oxygens (including phenoxy) is 1. The van der Waals surface area contributed by atoms with E-state index in [0.717, 1.165) is 18.5 Å². The number of urea groups is 1. The fraction of sp³-hybridized carbons (Fsp3) is 0.429. The molecule has 0 saturated carbocycles. The van der Waals surface area contributed by atoms with Crippen molar-refractivity contribution in [3.05, 3.63) is 29.3 Å². The highest BCUT2D eigenvalue weighted by molar-refractivity contribution is 5.91. The Bertz CT molecular complexity index is 486. The summed E-state index contributed by atoms with van der Waals surface area (Å²) in [6.07, 6.45) is 3.35. The van der Waals surface area contributed by atoms with Gasteiger partial charge in [0, 0.05) is 5.69 Å². The van der Waals surface area contributed by atoms with Gasteiger partial charge in [-0.05, 0) is 49.4 Å². The summed E-state index contributed by atoms with van der Waals surface area (Å²) in [5, 5.41) is 5.17. The smallest absolute Gasteiger partial charge is 0.325 e. The van der Waals surface area contributed by atoms with Crippen molar-refractivity contribution in [1.82, 2.24) is 5.32 Å². The van der Waals surface area contributed by atoms with E-state index < -0.39 is 12.0 Å². The molecule has 0 radical (unpaired) electrons. The van der Waals surface area contributed by atoms with E-state index in [4.69, 9.17) is 4.74 Å². The highest BCUT2D eigenvalue weighted by Gasteiger charge is 2.12. The molecule has 1 aliphatic rings. The molecule has 0 bridgehead atoms. The van der Waals surface area contributed by atoms with Gasteiger partial charge in [0.1, 0.15) is 6.54 Å². The van der Waals surface area contributed by atoms with Gasteiger partial charge in [-0.3, -0.25) is 4.79 Å². The maximum absolute atomic E-state index is 11.6.